The molecule has 2 aliphatic rings. The molecule has 0 bridgehead atoms. The molecule has 0 aromatic heterocycles. The van der Waals surface area contributed by atoms with E-state index in [1.807, 2.05) is 0 Å². The van der Waals surface area contributed by atoms with Gasteiger partial charge in [0.1, 0.15) is 0 Å². The lowest BCUT2D eigenvalue weighted by atomic mass is 9.96. The van der Waals surface area contributed by atoms with Crippen LogP contribution in [-0.4, -0.2) is 53.1 Å². The van der Waals surface area contributed by atoms with Crippen molar-refractivity contribution in [2.75, 3.05) is 13.1 Å². The van der Waals surface area contributed by atoms with Crippen LogP contribution in [0.3, 0.4) is 0 Å². The molecule has 7 heteroatoms. The molecule has 0 aromatic rings. The Kier molecular flexibility index (Phi) is 7.34. The first-order chi connectivity index (χ1) is 11.6. The minimum Gasteiger partial charge on any atom is -0.481 e. The van der Waals surface area contributed by atoms with E-state index in [9.17, 15) is 14.4 Å². The predicted molar refractivity (Wildman–Crippen MR) is 89.6 cm³/mol. The predicted octanol–water partition coefficient (Wildman–Crippen LogP) is 1.86. The number of carbonyl (C=O) groups is 3. The molecular weight excluding hydrogens is 310 g/mol. The van der Waals surface area contributed by atoms with Crippen molar-refractivity contribution in [3.63, 3.8) is 0 Å². The molecular formula is C17H29N3O4. The second-order valence-electron chi connectivity index (χ2n) is 6.83. The van der Waals surface area contributed by atoms with Crippen LogP contribution in [0.1, 0.15) is 64.2 Å². The number of piperidine rings is 1. The maximum atomic E-state index is 12.4. The number of carboxylic acids is 1. The Morgan fingerprint density at radius 2 is 1.71 bits per heavy atom. The van der Waals surface area contributed by atoms with Crippen molar-refractivity contribution in [2.45, 2.75) is 76.3 Å². The molecule has 0 spiro atoms. The summed E-state index contributed by atoms with van der Waals surface area (Å²) in [6.45, 7) is 0.622. The van der Waals surface area contributed by atoms with Gasteiger partial charge in [0.2, 0.25) is 5.91 Å². The average molecular weight is 339 g/mol. The number of carbonyl (C=O) groups excluding carboxylic acids is 2. The first-order valence-electron chi connectivity index (χ1n) is 9.12. The fourth-order valence-electron chi connectivity index (χ4n) is 3.66. The van der Waals surface area contributed by atoms with Gasteiger partial charge in [-0.15, -0.1) is 0 Å². The third-order valence-electron chi connectivity index (χ3n) is 4.98. The molecule has 0 radical (unpaired) electrons. The average Bonchev–Trinajstić information content (AvgIpc) is 2.59. The Balaban J connectivity index is 1.74. The van der Waals surface area contributed by atoms with Gasteiger partial charge >= 0.3 is 12.0 Å². The smallest absolute Gasteiger partial charge is 0.315 e. The van der Waals surface area contributed by atoms with Crippen LogP contribution in [-0.2, 0) is 9.59 Å². The van der Waals surface area contributed by atoms with E-state index < -0.39 is 5.97 Å². The summed E-state index contributed by atoms with van der Waals surface area (Å²) in [5.41, 5.74) is 0. The van der Waals surface area contributed by atoms with E-state index in [1.54, 1.807) is 4.90 Å². The number of aliphatic carboxylic acids is 1. The molecule has 0 aromatic carbocycles. The van der Waals surface area contributed by atoms with Crippen LogP contribution in [0.5, 0.6) is 0 Å². The quantitative estimate of drug-likeness (QED) is 0.688. The number of rotatable bonds is 6. The molecule has 7 nitrogen and oxygen atoms in total. The zero-order chi connectivity index (χ0) is 17.4. The highest BCUT2D eigenvalue weighted by atomic mass is 16.4. The van der Waals surface area contributed by atoms with Gasteiger partial charge in [-0.25, -0.2) is 4.79 Å². The minimum absolute atomic E-state index is 0.0226. The van der Waals surface area contributed by atoms with Crippen LogP contribution < -0.4 is 10.6 Å². The zero-order valence-electron chi connectivity index (χ0n) is 14.3. The highest BCUT2D eigenvalue weighted by molar-refractivity contribution is 5.84. The number of nitrogens with one attached hydrogen (secondary N) is 2. The Morgan fingerprint density at radius 3 is 2.42 bits per heavy atom. The third kappa shape index (κ3) is 6.02. The highest BCUT2D eigenvalue weighted by Gasteiger charge is 2.27. The normalized spacial score (nSPS) is 22.0. The van der Waals surface area contributed by atoms with E-state index in [0.717, 1.165) is 44.9 Å². The van der Waals surface area contributed by atoms with Crippen molar-refractivity contribution in [2.24, 2.45) is 0 Å². The first-order valence-corrected chi connectivity index (χ1v) is 9.12. The summed E-state index contributed by atoms with van der Waals surface area (Å²) in [5, 5.41) is 14.4. The van der Waals surface area contributed by atoms with E-state index >= 15 is 0 Å². The number of nitrogens with zero attached hydrogens (tertiary/aromatic N) is 1. The van der Waals surface area contributed by atoms with Gasteiger partial charge in [0.05, 0.1) is 6.54 Å². The summed E-state index contributed by atoms with van der Waals surface area (Å²) in [4.78, 5) is 36.8. The first kappa shape index (κ1) is 18.5. The lowest BCUT2D eigenvalue weighted by molar-refractivity contribution is -0.139. The summed E-state index contributed by atoms with van der Waals surface area (Å²) >= 11 is 0. The fraction of sp³-hybridized carbons (Fsp3) is 0.824. The largest absolute Gasteiger partial charge is 0.481 e. The molecule has 2 rings (SSSR count). The van der Waals surface area contributed by atoms with E-state index in [-0.39, 0.29) is 37.0 Å². The van der Waals surface area contributed by atoms with Crippen LogP contribution in [0.4, 0.5) is 4.79 Å². The summed E-state index contributed by atoms with van der Waals surface area (Å²) < 4.78 is 0. The van der Waals surface area contributed by atoms with Gasteiger partial charge in [0.25, 0.3) is 0 Å². The van der Waals surface area contributed by atoms with Gasteiger partial charge < -0.3 is 20.6 Å². The highest BCUT2D eigenvalue weighted by Crippen LogP contribution is 2.21. The second-order valence-corrected chi connectivity index (χ2v) is 6.83. The van der Waals surface area contributed by atoms with Crippen molar-refractivity contribution in [1.82, 2.24) is 15.5 Å². The monoisotopic (exact) mass is 339 g/mol. The molecule has 1 heterocycles. The van der Waals surface area contributed by atoms with Gasteiger partial charge in [-0.2, -0.15) is 0 Å². The number of carboxylic acid groups (broad SMARTS) is 1. The molecule has 1 saturated carbocycles. The standard InChI is InChI=1S/C17H29N3O4/c21-15(12-18-17(24)19-13-6-2-1-3-7-13)20-11-5-4-8-14(20)9-10-16(22)23/h13-14H,1-12H2,(H,22,23)(H2,18,19,24). The Morgan fingerprint density at radius 1 is 1.00 bits per heavy atom. The molecule has 2 fully saturated rings. The van der Waals surface area contributed by atoms with Gasteiger partial charge in [-0.05, 0) is 38.5 Å². The van der Waals surface area contributed by atoms with Gasteiger partial charge in [-0.3, -0.25) is 9.59 Å². The van der Waals surface area contributed by atoms with Crippen LogP contribution in [0.2, 0.25) is 0 Å². The van der Waals surface area contributed by atoms with Crippen LogP contribution in [0, 0.1) is 0 Å². The van der Waals surface area contributed by atoms with Gasteiger partial charge in [0.15, 0.2) is 0 Å². The molecule has 1 aliphatic heterocycles. The maximum absolute atomic E-state index is 12.4. The lowest BCUT2D eigenvalue weighted by Crippen LogP contribution is -2.50. The third-order valence-corrected chi connectivity index (χ3v) is 4.98. The number of likely N-dealkylation sites (tertiary alicyclic amines) is 1. The van der Waals surface area contributed by atoms with E-state index in [0.29, 0.717) is 13.0 Å². The minimum atomic E-state index is -0.835. The van der Waals surface area contributed by atoms with Crippen molar-refractivity contribution in [3.8, 4) is 0 Å². The van der Waals surface area contributed by atoms with Crippen LogP contribution >= 0.6 is 0 Å². The topological polar surface area (TPSA) is 98.7 Å². The molecule has 3 N–H and O–H groups in total. The van der Waals surface area contributed by atoms with Crippen LogP contribution in [0.15, 0.2) is 0 Å². The number of urea groups is 1. The fourth-order valence-corrected chi connectivity index (χ4v) is 3.66. The molecule has 1 saturated heterocycles. The Labute approximate surface area is 143 Å². The molecule has 24 heavy (non-hydrogen) atoms. The van der Waals surface area contributed by atoms with E-state index in [1.165, 1.54) is 6.42 Å². The lowest BCUT2D eigenvalue weighted by Gasteiger charge is -2.35. The van der Waals surface area contributed by atoms with Gasteiger partial charge in [0, 0.05) is 25.0 Å². The Hall–Kier alpha value is -1.79. The molecule has 1 unspecified atom stereocenters. The maximum Gasteiger partial charge on any atom is 0.315 e. The summed E-state index contributed by atoms with van der Waals surface area (Å²) in [6, 6.07) is -0.0907. The molecule has 3 amide bonds. The van der Waals surface area contributed by atoms with E-state index in [4.69, 9.17) is 5.11 Å². The summed E-state index contributed by atoms with van der Waals surface area (Å²) in [7, 11) is 0. The Bertz CT molecular complexity index is 449. The SMILES string of the molecule is O=C(O)CCC1CCCCN1C(=O)CNC(=O)NC1CCCCC1. The molecule has 1 atom stereocenters. The second kappa shape index (κ2) is 9.49. The van der Waals surface area contributed by atoms with Crippen molar-refractivity contribution in [3.05, 3.63) is 0 Å². The number of amides is 3. The van der Waals surface area contributed by atoms with Crippen LogP contribution in [0.25, 0.3) is 0 Å². The van der Waals surface area contributed by atoms with Gasteiger partial charge in [-0.1, -0.05) is 19.3 Å². The number of hydrogen-bond acceptors (Lipinski definition) is 3. The molecule has 1 aliphatic carbocycles. The number of hydrogen-bond donors (Lipinski definition) is 3. The summed E-state index contributed by atoms with van der Waals surface area (Å²) in [5.74, 6) is -0.957. The summed E-state index contributed by atoms with van der Waals surface area (Å²) in [6.07, 6.45) is 8.87. The zero-order valence-corrected chi connectivity index (χ0v) is 14.3. The van der Waals surface area contributed by atoms with E-state index in [2.05, 4.69) is 10.6 Å². The molecule has 136 valence electrons. The van der Waals surface area contributed by atoms with Crippen molar-refractivity contribution < 1.29 is 19.5 Å². The van der Waals surface area contributed by atoms with Crippen molar-refractivity contribution in [1.29, 1.82) is 0 Å². The van der Waals surface area contributed by atoms with Crippen molar-refractivity contribution >= 4 is 17.9 Å².